The fourth-order valence-corrected chi connectivity index (χ4v) is 5.61. The SMILES string of the molecule is COc1ccc(C(=O)N2C[C@@H]3C[C@H]2CN3C(=O)[C@@H](NC(=O)c2cc3ccccc3[nH]2)C(C)(C)C)c(Cl)c1. The number of likely N-dealkylation sites (tertiary alicyclic amines) is 2. The van der Waals surface area contributed by atoms with Gasteiger partial charge in [0.2, 0.25) is 5.91 Å². The summed E-state index contributed by atoms with van der Waals surface area (Å²) in [6.07, 6.45) is 0.706. The van der Waals surface area contributed by atoms with Gasteiger partial charge in [-0.05, 0) is 42.2 Å². The lowest BCUT2D eigenvalue weighted by molar-refractivity contribution is -0.138. The fraction of sp³-hybridized carbons (Fsp3) is 0.393. The number of benzene rings is 2. The third-order valence-electron chi connectivity index (χ3n) is 7.35. The summed E-state index contributed by atoms with van der Waals surface area (Å²) in [5.41, 5.74) is 1.20. The number of ether oxygens (including phenoxy) is 1. The Balaban J connectivity index is 1.29. The van der Waals surface area contributed by atoms with Gasteiger partial charge in [-0.25, -0.2) is 0 Å². The Labute approximate surface area is 220 Å². The van der Waals surface area contributed by atoms with E-state index < -0.39 is 11.5 Å². The minimum atomic E-state index is -0.717. The number of hydrogen-bond acceptors (Lipinski definition) is 4. The molecule has 2 bridgehead atoms. The van der Waals surface area contributed by atoms with Crippen molar-refractivity contribution in [3.63, 3.8) is 0 Å². The standard InChI is InChI=1S/C28H31ClN4O4/c1-28(2,3)24(31-25(34)23-11-16-7-5-6-8-22(16)30-23)27(36)33-15-17-12-18(33)14-32(17)26(35)20-10-9-19(37-4)13-21(20)29/h5-11,13,17-18,24,30H,12,14-15H2,1-4H3,(H,31,34)/t17-,18-,24+/m0/s1. The molecule has 2 aliphatic rings. The number of nitrogens with one attached hydrogen (secondary N) is 2. The second kappa shape index (κ2) is 9.41. The summed E-state index contributed by atoms with van der Waals surface area (Å²) in [4.78, 5) is 46.9. The molecule has 1 aromatic heterocycles. The van der Waals surface area contributed by atoms with E-state index in [1.807, 2.05) is 49.9 Å². The zero-order valence-corrected chi connectivity index (χ0v) is 22.1. The molecule has 2 N–H and O–H groups in total. The van der Waals surface area contributed by atoms with Crippen molar-refractivity contribution < 1.29 is 19.1 Å². The number of rotatable bonds is 5. The first kappa shape index (κ1) is 25.1. The lowest BCUT2D eigenvalue weighted by Crippen LogP contribution is -2.59. The average Bonchev–Trinajstić information content (AvgIpc) is 3.59. The van der Waals surface area contributed by atoms with Crippen molar-refractivity contribution in [3.05, 3.63) is 64.8 Å². The molecule has 0 unspecified atom stereocenters. The van der Waals surface area contributed by atoms with Crippen LogP contribution >= 0.6 is 11.6 Å². The largest absolute Gasteiger partial charge is 0.497 e. The van der Waals surface area contributed by atoms with Gasteiger partial charge in [0.15, 0.2) is 0 Å². The van der Waals surface area contributed by atoms with Gasteiger partial charge in [0.05, 0.1) is 29.8 Å². The highest BCUT2D eigenvalue weighted by molar-refractivity contribution is 6.34. The molecular weight excluding hydrogens is 492 g/mol. The molecule has 2 aliphatic heterocycles. The Kier molecular flexibility index (Phi) is 6.40. The minimum Gasteiger partial charge on any atom is -0.497 e. The van der Waals surface area contributed by atoms with Crippen LogP contribution in [0, 0.1) is 5.41 Å². The molecule has 37 heavy (non-hydrogen) atoms. The van der Waals surface area contributed by atoms with Crippen LogP contribution in [0.2, 0.25) is 5.02 Å². The molecule has 0 aliphatic carbocycles. The minimum absolute atomic E-state index is 0.0929. The monoisotopic (exact) mass is 522 g/mol. The highest BCUT2D eigenvalue weighted by Crippen LogP contribution is 2.35. The average molecular weight is 523 g/mol. The number of piperazine rings is 1. The van der Waals surface area contributed by atoms with E-state index in [1.165, 1.54) is 0 Å². The molecule has 9 heteroatoms. The number of nitrogens with zero attached hydrogens (tertiary/aromatic N) is 2. The van der Waals surface area contributed by atoms with E-state index in [1.54, 1.807) is 36.3 Å². The van der Waals surface area contributed by atoms with Gasteiger partial charge in [-0.3, -0.25) is 14.4 Å². The van der Waals surface area contributed by atoms with Crippen molar-refractivity contribution in [2.75, 3.05) is 20.2 Å². The lowest BCUT2D eigenvalue weighted by Gasteiger charge is -2.39. The van der Waals surface area contributed by atoms with E-state index in [0.29, 0.717) is 41.5 Å². The van der Waals surface area contributed by atoms with Crippen LogP contribution in [0.4, 0.5) is 0 Å². The Morgan fingerprint density at radius 1 is 1.05 bits per heavy atom. The molecule has 8 nitrogen and oxygen atoms in total. The zero-order valence-electron chi connectivity index (χ0n) is 21.4. The van der Waals surface area contributed by atoms with Crippen molar-refractivity contribution in [2.45, 2.75) is 45.3 Å². The Morgan fingerprint density at radius 3 is 2.38 bits per heavy atom. The van der Waals surface area contributed by atoms with Crippen LogP contribution in [0.1, 0.15) is 48.0 Å². The maximum atomic E-state index is 13.8. The third kappa shape index (κ3) is 4.66. The first-order valence-corrected chi connectivity index (χ1v) is 12.8. The smallest absolute Gasteiger partial charge is 0.268 e. The number of amides is 3. The van der Waals surface area contributed by atoms with E-state index in [4.69, 9.17) is 16.3 Å². The number of carbonyl (C=O) groups is 3. The number of para-hydroxylation sites is 1. The second-order valence-corrected chi connectivity index (χ2v) is 11.3. The van der Waals surface area contributed by atoms with Crippen LogP contribution in [0.25, 0.3) is 10.9 Å². The van der Waals surface area contributed by atoms with Crippen molar-refractivity contribution in [3.8, 4) is 5.75 Å². The number of halogens is 1. The van der Waals surface area contributed by atoms with Crippen molar-refractivity contribution in [1.29, 1.82) is 0 Å². The molecule has 5 rings (SSSR count). The molecule has 0 saturated carbocycles. The van der Waals surface area contributed by atoms with Crippen LogP contribution in [0.15, 0.2) is 48.5 Å². The number of methoxy groups -OCH3 is 1. The van der Waals surface area contributed by atoms with Crippen molar-refractivity contribution >= 4 is 40.2 Å². The third-order valence-corrected chi connectivity index (χ3v) is 7.67. The molecule has 0 spiro atoms. The molecule has 3 aromatic rings. The number of aromatic amines is 1. The summed E-state index contributed by atoms with van der Waals surface area (Å²) in [7, 11) is 1.55. The van der Waals surface area contributed by atoms with E-state index in [2.05, 4.69) is 10.3 Å². The summed E-state index contributed by atoms with van der Waals surface area (Å²) < 4.78 is 5.18. The first-order valence-electron chi connectivity index (χ1n) is 12.4. The zero-order chi connectivity index (χ0) is 26.5. The topological polar surface area (TPSA) is 94.7 Å². The Morgan fingerprint density at radius 2 is 1.76 bits per heavy atom. The highest BCUT2D eigenvalue weighted by atomic mass is 35.5. The normalized spacial score (nSPS) is 19.8. The van der Waals surface area contributed by atoms with Gasteiger partial charge in [0.1, 0.15) is 17.5 Å². The maximum absolute atomic E-state index is 13.8. The molecule has 0 radical (unpaired) electrons. The van der Waals surface area contributed by atoms with E-state index in [9.17, 15) is 14.4 Å². The highest BCUT2D eigenvalue weighted by Gasteiger charge is 2.50. The van der Waals surface area contributed by atoms with Gasteiger partial charge in [-0.1, -0.05) is 50.6 Å². The second-order valence-electron chi connectivity index (χ2n) is 10.9. The van der Waals surface area contributed by atoms with Crippen LogP contribution < -0.4 is 10.1 Å². The quantitative estimate of drug-likeness (QED) is 0.527. The summed E-state index contributed by atoms with van der Waals surface area (Å²) >= 11 is 6.34. The molecule has 2 saturated heterocycles. The molecule has 2 fully saturated rings. The van der Waals surface area contributed by atoms with Crippen molar-refractivity contribution in [2.24, 2.45) is 5.41 Å². The maximum Gasteiger partial charge on any atom is 0.268 e. The molecule has 3 atom stereocenters. The van der Waals surface area contributed by atoms with Crippen molar-refractivity contribution in [1.82, 2.24) is 20.1 Å². The number of fused-ring (bicyclic) bond motifs is 3. The van der Waals surface area contributed by atoms with E-state index in [-0.39, 0.29) is 29.8 Å². The van der Waals surface area contributed by atoms with Gasteiger partial charge in [0, 0.05) is 24.0 Å². The molecule has 194 valence electrons. The van der Waals surface area contributed by atoms with Gasteiger partial charge in [0.25, 0.3) is 11.8 Å². The van der Waals surface area contributed by atoms with Gasteiger partial charge in [-0.2, -0.15) is 0 Å². The van der Waals surface area contributed by atoms with Gasteiger partial charge >= 0.3 is 0 Å². The molecule has 2 aromatic carbocycles. The Hall–Kier alpha value is -3.52. The predicted molar refractivity (Wildman–Crippen MR) is 142 cm³/mol. The van der Waals surface area contributed by atoms with Crippen LogP contribution in [0.3, 0.4) is 0 Å². The van der Waals surface area contributed by atoms with Gasteiger partial charge < -0.3 is 24.8 Å². The van der Waals surface area contributed by atoms with Crippen LogP contribution in [-0.2, 0) is 4.79 Å². The molecule has 3 heterocycles. The van der Waals surface area contributed by atoms with E-state index in [0.717, 1.165) is 10.9 Å². The lowest BCUT2D eigenvalue weighted by atomic mass is 9.85. The summed E-state index contributed by atoms with van der Waals surface area (Å²) in [5, 5.41) is 4.25. The fourth-order valence-electron chi connectivity index (χ4n) is 5.36. The van der Waals surface area contributed by atoms with Gasteiger partial charge in [-0.15, -0.1) is 0 Å². The van der Waals surface area contributed by atoms with Crippen LogP contribution in [-0.4, -0.2) is 70.8 Å². The summed E-state index contributed by atoms with van der Waals surface area (Å²) in [5.74, 6) is -0.00505. The molecule has 3 amide bonds. The summed E-state index contributed by atoms with van der Waals surface area (Å²) in [6.45, 7) is 6.69. The number of hydrogen-bond donors (Lipinski definition) is 2. The number of carbonyl (C=O) groups excluding carboxylic acids is 3. The first-order chi connectivity index (χ1) is 17.6. The predicted octanol–water partition coefficient (Wildman–Crippen LogP) is 4.10. The van der Waals surface area contributed by atoms with Crippen LogP contribution in [0.5, 0.6) is 5.75 Å². The number of H-pyrrole nitrogens is 1. The number of aromatic nitrogens is 1. The van der Waals surface area contributed by atoms with E-state index >= 15 is 0 Å². The Bertz CT molecular complexity index is 1350. The molecular formula is C28H31ClN4O4. The summed E-state index contributed by atoms with van der Waals surface area (Å²) in [6, 6.07) is 13.6.